The summed E-state index contributed by atoms with van der Waals surface area (Å²) in [5.74, 6) is -0.449. The maximum atomic E-state index is 12.5. The van der Waals surface area contributed by atoms with Crippen LogP contribution in [0.1, 0.15) is 19.1 Å². The first-order chi connectivity index (χ1) is 23.6. The van der Waals surface area contributed by atoms with Gasteiger partial charge in [-0.05, 0) is 12.8 Å². The van der Waals surface area contributed by atoms with Crippen molar-refractivity contribution in [1.29, 1.82) is 0 Å². The number of aliphatic hydroxyl groups is 1. The number of methoxy groups -OCH3 is 1. The van der Waals surface area contributed by atoms with Crippen LogP contribution in [0.3, 0.4) is 0 Å². The molecule has 5 heterocycles. The minimum absolute atomic E-state index is 0.0439. The number of anilines is 4. The van der Waals surface area contributed by atoms with Crippen LogP contribution in [-0.4, -0.2) is 107 Å². The van der Waals surface area contributed by atoms with E-state index < -0.39 is 78.8 Å². The second-order valence-corrected chi connectivity index (χ2v) is 14.5. The molecule has 9 unspecified atom stereocenters. The molecule has 26 nitrogen and oxygen atoms in total. The van der Waals surface area contributed by atoms with Crippen LogP contribution in [0.5, 0.6) is 0 Å². The zero-order valence-corrected chi connectivity index (χ0v) is 28.5. The van der Waals surface area contributed by atoms with E-state index in [-0.39, 0.29) is 41.2 Å². The lowest BCUT2D eigenvalue weighted by atomic mass is 10.1. The number of aromatic nitrogens is 6. The Bertz CT molecular complexity index is 1880. The van der Waals surface area contributed by atoms with Crippen molar-refractivity contribution in [1.82, 2.24) is 29.5 Å². The van der Waals surface area contributed by atoms with Crippen LogP contribution >= 0.6 is 24.2 Å². The molecule has 9 atom stereocenters. The molecule has 0 saturated carbocycles. The van der Waals surface area contributed by atoms with Crippen LogP contribution in [0.15, 0.2) is 15.9 Å². The molecule has 2 aliphatic rings. The summed E-state index contributed by atoms with van der Waals surface area (Å²) in [5.41, 5.74) is 10.3. The predicted molar refractivity (Wildman–Crippen MR) is 168 cm³/mol. The second kappa shape index (κ2) is 15.6. The molecular formula is C21H33N10O16P3. The quantitative estimate of drug-likeness (QED) is 0.0460. The van der Waals surface area contributed by atoms with Gasteiger partial charge in [0.05, 0.1) is 19.0 Å². The summed E-state index contributed by atoms with van der Waals surface area (Å²) >= 11 is 0. The Balaban J connectivity index is 1.07. The summed E-state index contributed by atoms with van der Waals surface area (Å²) in [4.78, 5) is 75.5. The summed E-state index contributed by atoms with van der Waals surface area (Å²) in [6.07, 6.45) is -4.21. The number of nitrogens with two attached hydrogens (primary N) is 2. The van der Waals surface area contributed by atoms with Crippen LogP contribution < -0.4 is 33.2 Å². The van der Waals surface area contributed by atoms with Gasteiger partial charge in [-0.2, -0.15) is 19.0 Å². The van der Waals surface area contributed by atoms with Crippen molar-refractivity contribution < 1.29 is 65.8 Å². The summed E-state index contributed by atoms with van der Waals surface area (Å²) in [5, 5.41) is 15.9. The number of hydrogen-bond donors (Lipinski definition) is 10. The average Bonchev–Trinajstić information content (AvgIpc) is 3.72. The number of aromatic amines is 2. The first-order valence-electron chi connectivity index (χ1n) is 14.2. The van der Waals surface area contributed by atoms with E-state index in [9.17, 15) is 38.5 Å². The number of fused-ring (bicyclic) bond motifs is 1. The number of phosphoric ester groups is 1. The van der Waals surface area contributed by atoms with Crippen LogP contribution in [-0.2, 0) is 46.0 Å². The molecule has 0 aromatic carbocycles. The topological polar surface area (TPSA) is 374 Å². The van der Waals surface area contributed by atoms with E-state index in [4.69, 9.17) is 35.1 Å². The standard InChI is InChI=1S/C21H33N10O16P3/c1-24-11-15(27-20(22)29-17(11)33)26-19-13(32)14(40-2)9(44-19)6-42-49(36,37)47-50(38,39)46-48(35)45-41-5-8-3-4-10(43-8)31-7-25-12-16(31)28-21(23)30-18(12)34/h7-10,13-14,19,24,32,35H,3-6H2,1-2H3,(H,36,37)(H,38,39)(H3,23,28,30,34)(H4,22,26,27,29,33). The summed E-state index contributed by atoms with van der Waals surface area (Å²) < 4.78 is 60.7. The Kier molecular flexibility index (Phi) is 11.9. The third-order valence-electron chi connectivity index (χ3n) is 7.07. The Morgan fingerprint density at radius 3 is 2.54 bits per heavy atom. The Morgan fingerprint density at radius 1 is 1.10 bits per heavy atom. The lowest BCUT2D eigenvalue weighted by Crippen LogP contribution is -2.38. The van der Waals surface area contributed by atoms with Crippen molar-refractivity contribution in [2.75, 3.05) is 49.5 Å². The van der Waals surface area contributed by atoms with E-state index in [0.29, 0.717) is 12.8 Å². The maximum Gasteiger partial charge on any atom is 0.488 e. The molecule has 0 radical (unpaired) electrons. The molecule has 0 bridgehead atoms. The van der Waals surface area contributed by atoms with Gasteiger partial charge < -0.3 is 56.1 Å². The number of nitrogens with one attached hydrogen (secondary N) is 4. The molecular weight excluding hydrogens is 741 g/mol. The second-order valence-electron chi connectivity index (χ2n) is 10.4. The van der Waals surface area contributed by atoms with E-state index in [2.05, 4.69) is 48.8 Å². The number of phosphoric acid groups is 2. The number of hydrogen-bond acceptors (Lipinski definition) is 21. The van der Waals surface area contributed by atoms with Gasteiger partial charge >= 0.3 is 24.2 Å². The monoisotopic (exact) mass is 774 g/mol. The summed E-state index contributed by atoms with van der Waals surface area (Å²) in [6.45, 7) is -1.14. The SMILES string of the molecule is CNc1c(NC2OC(COP(=O)(O)OP(=O)(O)OP(O)OOCC3CCC(n4cnc5c(=O)[nH]c(N)nc54)O3)C(OC)C2O)nc(N)[nH]c1=O. The van der Waals surface area contributed by atoms with Crippen molar-refractivity contribution in [3.63, 3.8) is 0 Å². The minimum atomic E-state index is -5.53. The van der Waals surface area contributed by atoms with Crippen molar-refractivity contribution in [3.8, 4) is 0 Å². The molecule has 278 valence electrons. The number of H-pyrrole nitrogens is 2. The number of imidazole rings is 1. The van der Waals surface area contributed by atoms with Gasteiger partial charge in [-0.1, -0.05) is 0 Å². The van der Waals surface area contributed by atoms with Gasteiger partial charge in [0.25, 0.3) is 11.1 Å². The molecule has 5 rings (SSSR count). The molecule has 2 fully saturated rings. The fraction of sp³-hybridized carbons (Fsp3) is 0.571. The van der Waals surface area contributed by atoms with E-state index in [1.807, 2.05) is 0 Å². The molecule has 50 heavy (non-hydrogen) atoms. The Labute approximate surface area is 280 Å². The number of nitrogens with zero attached hydrogens (tertiary/aromatic N) is 4. The van der Waals surface area contributed by atoms with Gasteiger partial charge in [-0.3, -0.25) is 28.6 Å². The average molecular weight is 774 g/mol. The fourth-order valence-electron chi connectivity index (χ4n) is 5.00. The van der Waals surface area contributed by atoms with E-state index in [1.54, 1.807) is 0 Å². The van der Waals surface area contributed by atoms with Crippen LogP contribution in [0, 0.1) is 0 Å². The molecule has 2 saturated heterocycles. The zero-order chi connectivity index (χ0) is 36.4. The van der Waals surface area contributed by atoms with Crippen LogP contribution in [0.4, 0.5) is 23.4 Å². The van der Waals surface area contributed by atoms with Crippen LogP contribution in [0.25, 0.3) is 11.2 Å². The molecule has 29 heteroatoms. The largest absolute Gasteiger partial charge is 0.488 e. The van der Waals surface area contributed by atoms with Gasteiger partial charge in [-0.25, -0.2) is 23.3 Å². The lowest BCUT2D eigenvalue weighted by Gasteiger charge is -2.21. The normalized spacial score (nSPS) is 26.8. The molecule has 0 spiro atoms. The van der Waals surface area contributed by atoms with Gasteiger partial charge in [-0.15, -0.1) is 0 Å². The molecule has 0 aliphatic carbocycles. The highest BCUT2D eigenvalue weighted by Crippen LogP contribution is 2.65. The molecule has 2 aliphatic heterocycles. The van der Waals surface area contributed by atoms with Crippen molar-refractivity contribution in [2.45, 2.75) is 49.7 Å². The smallest absolute Gasteiger partial charge is 0.386 e. The summed E-state index contributed by atoms with van der Waals surface area (Å²) in [6, 6.07) is 0. The van der Waals surface area contributed by atoms with Gasteiger partial charge in [0.2, 0.25) is 11.9 Å². The predicted octanol–water partition coefficient (Wildman–Crippen LogP) is -1.28. The third-order valence-corrected chi connectivity index (χ3v) is 10.8. The number of rotatable bonds is 16. The maximum absolute atomic E-state index is 12.5. The number of ether oxygens (including phenoxy) is 3. The van der Waals surface area contributed by atoms with Crippen LogP contribution in [0.2, 0.25) is 0 Å². The fourth-order valence-corrected chi connectivity index (χ4v) is 7.92. The third kappa shape index (κ3) is 9.00. The van der Waals surface area contributed by atoms with E-state index in [0.717, 1.165) is 0 Å². The Hall–Kier alpha value is -3.16. The molecule has 12 N–H and O–H groups in total. The van der Waals surface area contributed by atoms with Crippen molar-refractivity contribution >= 4 is 58.8 Å². The van der Waals surface area contributed by atoms with E-state index >= 15 is 0 Å². The number of nitrogen functional groups attached to an aromatic ring is 2. The van der Waals surface area contributed by atoms with Gasteiger partial charge in [0.1, 0.15) is 36.8 Å². The van der Waals surface area contributed by atoms with Crippen molar-refractivity contribution in [2.24, 2.45) is 0 Å². The highest BCUT2D eigenvalue weighted by Gasteiger charge is 2.47. The first-order valence-corrected chi connectivity index (χ1v) is 18.3. The number of aliphatic hydroxyl groups excluding tert-OH is 1. The molecule has 3 aromatic heterocycles. The van der Waals surface area contributed by atoms with Gasteiger partial charge in [0, 0.05) is 14.2 Å². The summed E-state index contributed by atoms with van der Waals surface area (Å²) in [7, 11) is -11.6. The van der Waals surface area contributed by atoms with Crippen molar-refractivity contribution in [3.05, 3.63) is 27.0 Å². The minimum Gasteiger partial charge on any atom is -0.386 e. The highest BCUT2D eigenvalue weighted by molar-refractivity contribution is 7.65. The Morgan fingerprint density at radius 2 is 1.82 bits per heavy atom. The van der Waals surface area contributed by atoms with E-state index in [1.165, 1.54) is 25.1 Å². The van der Waals surface area contributed by atoms with Gasteiger partial charge in [0.15, 0.2) is 23.2 Å². The lowest BCUT2D eigenvalue weighted by molar-refractivity contribution is -0.233. The molecule has 3 aromatic rings. The zero-order valence-electron chi connectivity index (χ0n) is 25.8. The molecule has 0 amide bonds. The first kappa shape index (κ1) is 38.1. The highest BCUT2D eigenvalue weighted by atomic mass is 31.3.